The lowest BCUT2D eigenvalue weighted by Crippen LogP contribution is -2.05. The summed E-state index contributed by atoms with van der Waals surface area (Å²) in [7, 11) is 0. The summed E-state index contributed by atoms with van der Waals surface area (Å²) < 4.78 is 17.6. The molecule has 0 saturated carbocycles. The van der Waals surface area contributed by atoms with Gasteiger partial charge in [0, 0.05) is 19.2 Å². The van der Waals surface area contributed by atoms with Crippen LogP contribution in [0.2, 0.25) is 0 Å². The van der Waals surface area contributed by atoms with Crippen molar-refractivity contribution in [2.45, 2.75) is 39.5 Å². The van der Waals surface area contributed by atoms with Crippen molar-refractivity contribution >= 4 is 52.6 Å². The van der Waals surface area contributed by atoms with Gasteiger partial charge in [-0.3, -0.25) is 0 Å². The zero-order valence-electron chi connectivity index (χ0n) is 17.8. The van der Waals surface area contributed by atoms with Crippen molar-refractivity contribution in [2.24, 2.45) is 5.16 Å². The Morgan fingerprint density at radius 2 is 1.65 bits per heavy atom. The van der Waals surface area contributed by atoms with E-state index >= 15 is 0 Å². The van der Waals surface area contributed by atoms with Crippen LogP contribution in [-0.4, -0.2) is 39.2 Å². The lowest BCUT2D eigenvalue weighted by atomic mass is 10.1. The van der Waals surface area contributed by atoms with Gasteiger partial charge in [-0.1, -0.05) is 58.5 Å². The molecule has 0 aromatic heterocycles. The van der Waals surface area contributed by atoms with Gasteiger partial charge in [0.1, 0.15) is 33.7 Å². The molecule has 5 nitrogen and oxygen atoms in total. The molecule has 0 saturated heterocycles. The molecule has 174 valence electrons. The van der Waals surface area contributed by atoms with Crippen molar-refractivity contribution in [3.63, 3.8) is 0 Å². The van der Waals surface area contributed by atoms with Crippen LogP contribution in [0.3, 0.4) is 0 Å². The molecule has 1 rings (SSSR count). The molecule has 0 N–H and O–H groups in total. The summed E-state index contributed by atoms with van der Waals surface area (Å²) in [4.78, 5) is 4.94. The Labute approximate surface area is 204 Å². The summed E-state index contributed by atoms with van der Waals surface area (Å²) in [5.74, 6) is 1.69. The predicted octanol–water partition coefficient (Wildman–Crippen LogP) is 7.14. The van der Waals surface area contributed by atoms with Gasteiger partial charge in [-0.25, -0.2) is 0 Å². The molecular formula is C22H29Cl4NO4. The van der Waals surface area contributed by atoms with Crippen LogP contribution in [0.1, 0.15) is 37.3 Å². The molecule has 0 aliphatic heterocycles. The second-order valence-electron chi connectivity index (χ2n) is 6.42. The summed E-state index contributed by atoms with van der Waals surface area (Å²) in [6.45, 7) is 6.57. The van der Waals surface area contributed by atoms with Gasteiger partial charge in [0.2, 0.25) is 0 Å². The topological polar surface area (TPSA) is 49.3 Å². The molecule has 0 aliphatic rings. The summed E-state index contributed by atoms with van der Waals surface area (Å²) in [6.07, 6.45) is 8.13. The number of unbranched alkanes of at least 4 members (excludes halogenated alkanes) is 1. The third kappa shape index (κ3) is 13.8. The van der Waals surface area contributed by atoms with Crippen LogP contribution >= 0.6 is 46.4 Å². The second kappa shape index (κ2) is 17.4. The summed E-state index contributed by atoms with van der Waals surface area (Å²) >= 11 is 22.1. The van der Waals surface area contributed by atoms with E-state index in [4.69, 9.17) is 65.5 Å². The number of hydrogen-bond acceptors (Lipinski definition) is 5. The third-order valence-electron chi connectivity index (χ3n) is 3.98. The number of hydrogen-bond donors (Lipinski definition) is 0. The fourth-order valence-electron chi connectivity index (χ4n) is 2.53. The van der Waals surface area contributed by atoms with E-state index in [9.17, 15) is 0 Å². The Hall–Kier alpha value is -1.11. The molecule has 0 bridgehead atoms. The third-order valence-corrected chi connectivity index (χ3v) is 4.59. The Balaban J connectivity index is 2.23. The van der Waals surface area contributed by atoms with Crippen molar-refractivity contribution < 1.29 is 19.0 Å². The number of benzene rings is 1. The van der Waals surface area contributed by atoms with Gasteiger partial charge < -0.3 is 19.0 Å². The van der Waals surface area contributed by atoms with Gasteiger partial charge in [-0.05, 0) is 61.6 Å². The molecule has 0 radical (unpaired) electrons. The van der Waals surface area contributed by atoms with Gasteiger partial charge in [0.15, 0.2) is 0 Å². The Kier molecular flexibility index (Phi) is 15.7. The number of halogens is 4. The van der Waals surface area contributed by atoms with Crippen LogP contribution in [0.5, 0.6) is 11.5 Å². The van der Waals surface area contributed by atoms with Gasteiger partial charge in [-0.2, -0.15) is 0 Å². The SMILES string of the molecule is CCc1cc(OCC=C(Cl)Cl)cc(C)c1OCCCCOCCC=NOCC=C(Cl)Cl. The molecule has 0 unspecified atom stereocenters. The van der Waals surface area contributed by atoms with E-state index in [1.807, 2.05) is 19.1 Å². The van der Waals surface area contributed by atoms with Crippen molar-refractivity contribution in [3.05, 3.63) is 44.4 Å². The van der Waals surface area contributed by atoms with Gasteiger partial charge >= 0.3 is 0 Å². The van der Waals surface area contributed by atoms with Crippen LogP contribution in [-0.2, 0) is 16.0 Å². The first kappa shape index (κ1) is 27.9. The van der Waals surface area contributed by atoms with Crippen LogP contribution < -0.4 is 9.47 Å². The molecule has 0 spiro atoms. The highest BCUT2D eigenvalue weighted by atomic mass is 35.5. The molecule has 31 heavy (non-hydrogen) atoms. The Morgan fingerprint density at radius 1 is 0.935 bits per heavy atom. The summed E-state index contributed by atoms with van der Waals surface area (Å²) in [6, 6.07) is 3.95. The molecule has 1 aromatic carbocycles. The first-order valence-electron chi connectivity index (χ1n) is 10.1. The highest BCUT2D eigenvalue weighted by Gasteiger charge is 2.09. The smallest absolute Gasteiger partial charge is 0.138 e. The average Bonchev–Trinajstić information content (AvgIpc) is 2.71. The molecule has 0 heterocycles. The van der Waals surface area contributed by atoms with Crippen LogP contribution in [0.15, 0.2) is 38.4 Å². The average molecular weight is 513 g/mol. The van der Waals surface area contributed by atoms with E-state index in [2.05, 4.69) is 12.1 Å². The Morgan fingerprint density at radius 3 is 2.35 bits per heavy atom. The zero-order valence-corrected chi connectivity index (χ0v) is 20.9. The molecule has 0 aliphatic carbocycles. The maximum absolute atomic E-state index is 6.03. The molecule has 9 heteroatoms. The standard InChI is InChI=1S/C22H29Cl4NO4/c1-3-18-16-19(29-13-7-20(23)24)15-17(2)22(18)30-12-5-4-10-28-11-6-9-27-31-14-8-21(25)26/h7-9,15-16H,3-6,10-14H2,1-2H3. The minimum Gasteiger partial charge on any atom is -0.493 e. The minimum absolute atomic E-state index is 0.163. The number of aryl methyl sites for hydroxylation is 2. The first-order valence-corrected chi connectivity index (χ1v) is 11.6. The first-order chi connectivity index (χ1) is 14.9. The van der Waals surface area contributed by atoms with E-state index in [0.717, 1.165) is 41.9 Å². The van der Waals surface area contributed by atoms with Crippen molar-refractivity contribution in [1.82, 2.24) is 0 Å². The molecule has 0 fully saturated rings. The van der Waals surface area contributed by atoms with E-state index in [-0.39, 0.29) is 15.6 Å². The van der Waals surface area contributed by atoms with Crippen LogP contribution in [0, 0.1) is 6.92 Å². The van der Waals surface area contributed by atoms with E-state index < -0.39 is 0 Å². The fraction of sp³-hybridized carbons (Fsp3) is 0.500. The normalized spacial score (nSPS) is 10.8. The van der Waals surface area contributed by atoms with Gasteiger partial charge in [0.05, 0.1) is 13.2 Å². The van der Waals surface area contributed by atoms with Crippen LogP contribution in [0.4, 0.5) is 0 Å². The molecule has 0 atom stereocenters. The van der Waals surface area contributed by atoms with Gasteiger partial charge in [0.25, 0.3) is 0 Å². The number of nitrogens with zero attached hydrogens (tertiary/aromatic N) is 1. The monoisotopic (exact) mass is 511 g/mol. The number of rotatable bonds is 16. The zero-order chi connectivity index (χ0) is 22.9. The fourth-order valence-corrected chi connectivity index (χ4v) is 2.78. The largest absolute Gasteiger partial charge is 0.493 e. The van der Waals surface area contributed by atoms with Crippen molar-refractivity contribution in [2.75, 3.05) is 33.0 Å². The maximum Gasteiger partial charge on any atom is 0.138 e. The lowest BCUT2D eigenvalue weighted by Gasteiger charge is -2.15. The summed E-state index contributed by atoms with van der Waals surface area (Å²) in [5.41, 5.74) is 2.15. The van der Waals surface area contributed by atoms with Crippen molar-refractivity contribution in [1.29, 1.82) is 0 Å². The molecule has 0 amide bonds. The molecule has 1 aromatic rings. The number of oxime groups is 1. The highest BCUT2D eigenvalue weighted by molar-refractivity contribution is 6.56. The number of ether oxygens (including phenoxy) is 3. The minimum atomic E-state index is 0.163. The van der Waals surface area contributed by atoms with E-state index in [1.54, 1.807) is 12.3 Å². The van der Waals surface area contributed by atoms with Gasteiger partial charge in [-0.15, -0.1) is 0 Å². The van der Waals surface area contributed by atoms with Crippen molar-refractivity contribution in [3.8, 4) is 11.5 Å². The highest BCUT2D eigenvalue weighted by Crippen LogP contribution is 2.30. The molecular weight excluding hydrogens is 484 g/mol. The summed E-state index contributed by atoms with van der Waals surface area (Å²) in [5, 5.41) is 3.77. The lowest BCUT2D eigenvalue weighted by molar-refractivity contribution is 0.131. The second-order valence-corrected chi connectivity index (χ2v) is 8.44. The van der Waals surface area contributed by atoms with E-state index in [1.165, 1.54) is 6.08 Å². The maximum atomic E-state index is 6.03. The quantitative estimate of drug-likeness (QED) is 0.134. The van der Waals surface area contributed by atoms with Crippen LogP contribution in [0.25, 0.3) is 0 Å². The Bertz CT molecular complexity index is 730. The van der Waals surface area contributed by atoms with E-state index in [0.29, 0.717) is 32.8 Å². The predicted molar refractivity (Wildman–Crippen MR) is 130 cm³/mol.